The van der Waals surface area contributed by atoms with Crippen molar-refractivity contribution < 1.29 is 67.8 Å². The number of amides is 1. The first kappa shape index (κ1) is 42.9. The van der Waals surface area contributed by atoms with Crippen molar-refractivity contribution in [2.45, 2.75) is 135 Å². The van der Waals surface area contributed by atoms with Crippen LogP contribution >= 0.6 is 0 Å². The zero-order valence-electron chi connectivity index (χ0n) is 34.0. The summed E-state index contributed by atoms with van der Waals surface area (Å²) in [7, 11) is 0. The average Bonchev–Trinajstić information content (AvgIpc) is 3.13. The molecule has 6 rings (SSSR count). The molecule has 1 saturated heterocycles. The first-order valence-corrected chi connectivity index (χ1v) is 19.5. The van der Waals surface area contributed by atoms with Crippen LogP contribution in [-0.2, 0) is 47.7 Å². The number of ether oxygens (including phenoxy) is 5. The summed E-state index contributed by atoms with van der Waals surface area (Å²) >= 11 is 0. The molecule has 4 N–H and O–H groups in total. The molecule has 3 fully saturated rings. The Bertz CT molecular complexity index is 2000. The number of esters is 4. The van der Waals surface area contributed by atoms with Crippen molar-refractivity contribution in [1.29, 1.82) is 0 Å². The summed E-state index contributed by atoms with van der Waals surface area (Å²) < 4.78 is 30.2. The molecule has 2 aliphatic heterocycles. The van der Waals surface area contributed by atoms with Gasteiger partial charge in [-0.1, -0.05) is 49.8 Å². The molecule has 0 radical (unpaired) electrons. The third kappa shape index (κ3) is 7.09. The number of hydrogen-bond acceptors (Lipinski definition) is 14. The van der Waals surface area contributed by atoms with Crippen molar-refractivity contribution >= 4 is 41.6 Å². The highest BCUT2D eigenvalue weighted by molar-refractivity contribution is 5.96. The van der Waals surface area contributed by atoms with E-state index in [-0.39, 0.29) is 42.6 Å². The fourth-order valence-electron chi connectivity index (χ4n) is 9.83. The molecule has 314 valence electrons. The molecular formula is C43H53NO14. The summed E-state index contributed by atoms with van der Waals surface area (Å²) in [5.41, 5.74) is -6.30. The molecule has 2 saturated carbocycles. The lowest BCUT2D eigenvalue weighted by atomic mass is 9.44. The van der Waals surface area contributed by atoms with Gasteiger partial charge in [0.1, 0.15) is 23.9 Å². The molecule has 15 heteroatoms. The van der Waals surface area contributed by atoms with Crippen molar-refractivity contribution in [3.8, 4) is 0 Å². The average molecular weight is 808 g/mol. The van der Waals surface area contributed by atoms with Gasteiger partial charge in [-0.15, -0.1) is 0 Å². The first-order valence-electron chi connectivity index (χ1n) is 19.5. The van der Waals surface area contributed by atoms with Crippen molar-refractivity contribution in [1.82, 2.24) is 5.32 Å². The fraction of sp³-hybridized carbons (Fsp3) is 0.581. The van der Waals surface area contributed by atoms with E-state index in [0.29, 0.717) is 11.1 Å². The zero-order valence-corrected chi connectivity index (χ0v) is 34.0. The maximum Gasteiger partial charge on any atom is 0.338 e. The van der Waals surface area contributed by atoms with Gasteiger partial charge >= 0.3 is 23.9 Å². The van der Waals surface area contributed by atoms with Gasteiger partial charge in [-0.3, -0.25) is 19.2 Å². The van der Waals surface area contributed by atoms with Gasteiger partial charge in [-0.05, 0) is 63.0 Å². The molecular weight excluding hydrogens is 754 g/mol. The lowest BCUT2D eigenvalue weighted by molar-refractivity contribution is -0.346. The Labute approximate surface area is 336 Å². The molecule has 5 bridgehead atoms. The highest BCUT2D eigenvalue weighted by Crippen LogP contribution is 2.64. The van der Waals surface area contributed by atoms with Crippen LogP contribution in [-0.4, -0.2) is 111 Å². The summed E-state index contributed by atoms with van der Waals surface area (Å²) in [4.78, 5) is 82.9. The number of allylic oxidation sites excluding steroid dienone is 2. The molecule has 1 amide bonds. The van der Waals surface area contributed by atoms with Crippen LogP contribution in [0.1, 0.15) is 97.0 Å². The lowest BCUT2D eigenvalue weighted by Crippen LogP contribution is -2.82. The lowest BCUT2D eigenvalue weighted by Gasteiger charge is -2.67. The number of fused-ring (bicyclic) bond motifs is 8. The third-order valence-electron chi connectivity index (χ3n) is 12.8. The Kier molecular flexibility index (Phi) is 11.4. The Balaban J connectivity index is 1.65. The largest absolute Gasteiger partial charge is 0.456 e. The highest BCUT2D eigenvalue weighted by atomic mass is 16.6. The summed E-state index contributed by atoms with van der Waals surface area (Å²) in [6, 6.07) is 5.16. The van der Waals surface area contributed by atoms with E-state index in [0.717, 1.165) is 13.8 Å². The fourth-order valence-corrected chi connectivity index (χ4v) is 9.83. The van der Waals surface area contributed by atoms with Crippen LogP contribution in [0, 0.1) is 16.7 Å². The van der Waals surface area contributed by atoms with E-state index in [2.05, 4.69) is 5.32 Å². The number of benzene rings is 1. The van der Waals surface area contributed by atoms with Crippen LogP contribution in [0.15, 0.2) is 53.1 Å². The molecule has 3 aliphatic carbocycles. The van der Waals surface area contributed by atoms with Gasteiger partial charge < -0.3 is 44.3 Å². The minimum atomic E-state index is -2.36. The number of nitrogens with one attached hydrogen (secondary N) is 1. The van der Waals surface area contributed by atoms with E-state index in [1.807, 2.05) is 0 Å². The second-order valence-electron chi connectivity index (χ2n) is 17.2. The second kappa shape index (κ2) is 15.5. The summed E-state index contributed by atoms with van der Waals surface area (Å²) in [6.07, 6.45) is -5.08. The molecule has 0 aromatic heterocycles. The number of rotatable bonds is 3. The number of ketones is 1. The Morgan fingerprint density at radius 3 is 2.33 bits per heavy atom. The Hall–Kier alpha value is -4.70. The number of Topliss-reactive ketones (excluding diaryl/α,β-unsaturated/α-hetero) is 1. The van der Waals surface area contributed by atoms with E-state index in [4.69, 9.17) is 23.7 Å². The predicted octanol–water partition coefficient (Wildman–Crippen LogP) is 2.82. The van der Waals surface area contributed by atoms with Crippen LogP contribution in [0.5, 0.6) is 0 Å². The van der Waals surface area contributed by atoms with E-state index in [9.17, 15) is 39.3 Å². The summed E-state index contributed by atoms with van der Waals surface area (Å²) in [5.74, 6) is -6.63. The first-order chi connectivity index (χ1) is 27.1. The Morgan fingerprint density at radius 1 is 1.00 bits per heavy atom. The molecule has 58 heavy (non-hydrogen) atoms. The molecule has 15 nitrogen and oxygen atoms in total. The molecule has 11 unspecified atom stereocenters. The van der Waals surface area contributed by atoms with Crippen LogP contribution in [0.3, 0.4) is 0 Å². The standard InChI is InChI=1S/C43H53NO14/c1-21(2)16-27-33(49)39(52)56-28-19-43(53)37(57-38(51)26-14-11-13-25(17-26)12-9-10-15-31(48)44-27)35-41(8,29(47)18-30-42(35,20-54-30)58-24(5)46)36(50)34(55-23(4)45)32(22(28)3)40(43,6)7/h9,11-14,16-17,27-30,33-35,37,47,49,53H,10,15,18-20H2,1-8H3,(H,44,48)/b12-9+. The van der Waals surface area contributed by atoms with Gasteiger partial charge in [0.25, 0.3) is 0 Å². The quantitative estimate of drug-likeness (QED) is 0.196. The normalized spacial score (nSPS) is 37.9. The van der Waals surface area contributed by atoms with E-state index in [1.165, 1.54) is 26.0 Å². The molecule has 1 aromatic rings. The van der Waals surface area contributed by atoms with Gasteiger partial charge in [0, 0.05) is 38.5 Å². The van der Waals surface area contributed by atoms with Crippen molar-refractivity contribution in [2.75, 3.05) is 6.61 Å². The number of carbonyl (C=O) groups excluding carboxylic acids is 6. The van der Waals surface area contributed by atoms with Crippen molar-refractivity contribution in [2.24, 2.45) is 16.7 Å². The molecule has 5 aliphatic rings. The Morgan fingerprint density at radius 2 is 1.71 bits per heavy atom. The number of aliphatic hydroxyl groups excluding tert-OH is 2. The van der Waals surface area contributed by atoms with Gasteiger partial charge in [-0.2, -0.15) is 0 Å². The summed E-state index contributed by atoms with van der Waals surface area (Å²) in [5, 5.41) is 39.8. The van der Waals surface area contributed by atoms with Gasteiger partial charge in [0.2, 0.25) is 5.91 Å². The van der Waals surface area contributed by atoms with E-state index >= 15 is 4.79 Å². The zero-order chi connectivity index (χ0) is 42.7. The molecule has 1 aromatic carbocycles. The topological polar surface area (TPSA) is 221 Å². The number of hydrogen-bond donors (Lipinski definition) is 4. The van der Waals surface area contributed by atoms with E-state index < -0.39 is 113 Å². The maximum atomic E-state index is 15.4. The number of carbonyl (C=O) groups is 6. The van der Waals surface area contributed by atoms with Crippen LogP contribution in [0.2, 0.25) is 0 Å². The van der Waals surface area contributed by atoms with Crippen molar-refractivity contribution in [3.63, 3.8) is 0 Å². The summed E-state index contributed by atoms with van der Waals surface area (Å²) in [6.45, 7) is 11.5. The molecule has 0 spiro atoms. The van der Waals surface area contributed by atoms with Crippen LogP contribution < -0.4 is 5.32 Å². The predicted molar refractivity (Wildman–Crippen MR) is 204 cm³/mol. The van der Waals surface area contributed by atoms with E-state index in [1.54, 1.807) is 58.0 Å². The van der Waals surface area contributed by atoms with Crippen LogP contribution in [0.4, 0.5) is 0 Å². The van der Waals surface area contributed by atoms with Gasteiger partial charge in [-0.25, -0.2) is 9.59 Å². The SMILES string of the molecule is CC(=O)OC1C(=O)C2(C)C(O)CC3OCC3(OC(C)=O)C2C2OC(=O)c3cccc(c3)/C=C/CCC(=O)NC(C=C(C)C)C(O)C(=O)OC3CC2(O)C(C)(C)C1=C3C. The monoisotopic (exact) mass is 807 g/mol. The van der Waals surface area contributed by atoms with Gasteiger partial charge in [0.15, 0.2) is 23.6 Å². The van der Waals surface area contributed by atoms with Gasteiger partial charge in [0.05, 0.1) is 35.6 Å². The third-order valence-corrected chi connectivity index (χ3v) is 12.8. The maximum absolute atomic E-state index is 15.4. The minimum Gasteiger partial charge on any atom is -0.456 e. The molecule has 11 atom stereocenters. The second-order valence-corrected chi connectivity index (χ2v) is 17.2. The number of aliphatic hydroxyl groups is 3. The van der Waals surface area contributed by atoms with Crippen molar-refractivity contribution in [3.05, 3.63) is 64.3 Å². The molecule has 2 heterocycles. The highest BCUT2D eigenvalue weighted by Gasteiger charge is 2.78. The smallest absolute Gasteiger partial charge is 0.338 e. The minimum absolute atomic E-state index is 0.00288. The van der Waals surface area contributed by atoms with Crippen LogP contribution in [0.25, 0.3) is 6.08 Å².